The van der Waals surface area contributed by atoms with Crippen LogP contribution in [0.1, 0.15) is 20.3 Å². The van der Waals surface area contributed by atoms with Crippen LogP contribution in [0.5, 0.6) is 0 Å². The van der Waals surface area contributed by atoms with Crippen molar-refractivity contribution in [3.63, 3.8) is 0 Å². The molecule has 0 heterocycles. The van der Waals surface area contributed by atoms with E-state index in [4.69, 9.17) is 5.73 Å². The number of hydrogen-bond acceptors (Lipinski definition) is 3. The Morgan fingerprint density at radius 3 is 2.82 bits per heavy atom. The van der Waals surface area contributed by atoms with Gasteiger partial charge >= 0.3 is 6.09 Å². The van der Waals surface area contributed by atoms with Crippen LogP contribution in [0.3, 0.4) is 0 Å². The molecular formula is C7H16N2O2. The molecule has 0 aromatic heterocycles. The lowest BCUT2D eigenvalue weighted by molar-refractivity contribution is 0.152. The third kappa shape index (κ3) is 7.12. The monoisotopic (exact) mass is 160 g/mol. The third-order valence-corrected chi connectivity index (χ3v) is 1.14. The number of alkyl carbamates (subject to hydrolysis) is 1. The molecule has 0 aliphatic heterocycles. The number of ether oxygens (including phenoxy) is 1. The Kier molecular flexibility index (Phi) is 5.56. The number of carbonyl (C=O) groups excluding carboxylic acids is 1. The third-order valence-electron chi connectivity index (χ3n) is 1.14. The summed E-state index contributed by atoms with van der Waals surface area (Å²) >= 11 is 0. The van der Waals surface area contributed by atoms with E-state index >= 15 is 0 Å². The Hall–Kier alpha value is -0.770. The Morgan fingerprint density at radius 2 is 2.36 bits per heavy atom. The van der Waals surface area contributed by atoms with E-state index in [1.165, 1.54) is 0 Å². The van der Waals surface area contributed by atoms with Crippen LogP contribution in [0.15, 0.2) is 0 Å². The zero-order chi connectivity index (χ0) is 8.69. The molecule has 11 heavy (non-hydrogen) atoms. The zero-order valence-corrected chi connectivity index (χ0v) is 7.09. The largest absolute Gasteiger partial charge is 0.450 e. The second-order valence-corrected chi connectivity index (χ2v) is 2.41. The van der Waals surface area contributed by atoms with Gasteiger partial charge in [0.2, 0.25) is 0 Å². The molecule has 0 fully saturated rings. The molecule has 4 nitrogen and oxygen atoms in total. The maximum Gasteiger partial charge on any atom is 0.407 e. The minimum atomic E-state index is -0.367. The first-order valence-electron chi connectivity index (χ1n) is 3.83. The van der Waals surface area contributed by atoms with Crippen LogP contribution in [0.4, 0.5) is 4.79 Å². The van der Waals surface area contributed by atoms with Crippen LogP contribution in [0, 0.1) is 0 Å². The van der Waals surface area contributed by atoms with Crippen molar-refractivity contribution in [2.75, 3.05) is 13.2 Å². The van der Waals surface area contributed by atoms with E-state index in [9.17, 15) is 4.79 Å². The molecule has 3 N–H and O–H groups in total. The van der Waals surface area contributed by atoms with Gasteiger partial charge in [-0.1, -0.05) is 0 Å². The quantitative estimate of drug-likeness (QED) is 0.628. The highest BCUT2D eigenvalue weighted by Crippen LogP contribution is 1.83. The van der Waals surface area contributed by atoms with Gasteiger partial charge in [-0.15, -0.1) is 0 Å². The number of amides is 1. The molecule has 0 aromatic rings. The summed E-state index contributed by atoms with van der Waals surface area (Å²) in [6.07, 6.45) is 0.409. The summed E-state index contributed by atoms with van der Waals surface area (Å²) in [5.41, 5.74) is 5.46. The lowest BCUT2D eigenvalue weighted by atomic mass is 10.2. The fourth-order valence-corrected chi connectivity index (χ4v) is 0.584. The summed E-state index contributed by atoms with van der Waals surface area (Å²) in [6, 6.07) is 0.122. The van der Waals surface area contributed by atoms with Crippen molar-refractivity contribution in [3.05, 3.63) is 0 Å². The van der Waals surface area contributed by atoms with Crippen molar-refractivity contribution in [3.8, 4) is 0 Å². The molecule has 0 saturated carbocycles. The Labute approximate surface area is 67.1 Å². The first kappa shape index (κ1) is 10.2. The number of nitrogens with two attached hydrogens (primary N) is 1. The minimum Gasteiger partial charge on any atom is -0.450 e. The lowest BCUT2D eigenvalue weighted by Gasteiger charge is -2.06. The molecule has 0 rings (SSSR count). The molecule has 0 aromatic carbocycles. The molecule has 0 aliphatic rings. The Balaban J connectivity index is 3.17. The predicted octanol–water partition coefficient (Wildman–Crippen LogP) is 0.470. The lowest BCUT2D eigenvalue weighted by Crippen LogP contribution is -2.29. The SMILES string of the molecule is CCOC(=O)NCCC(C)N. The average molecular weight is 160 g/mol. The van der Waals surface area contributed by atoms with Gasteiger partial charge < -0.3 is 15.8 Å². The van der Waals surface area contributed by atoms with Gasteiger partial charge in [0, 0.05) is 12.6 Å². The van der Waals surface area contributed by atoms with Crippen molar-refractivity contribution < 1.29 is 9.53 Å². The normalized spacial score (nSPS) is 12.3. The second kappa shape index (κ2) is 5.97. The van der Waals surface area contributed by atoms with Crippen LogP contribution in [0.25, 0.3) is 0 Å². The molecular weight excluding hydrogens is 144 g/mol. The predicted molar refractivity (Wildman–Crippen MR) is 43.3 cm³/mol. The van der Waals surface area contributed by atoms with Crippen molar-refractivity contribution in [1.29, 1.82) is 0 Å². The van der Waals surface area contributed by atoms with Gasteiger partial charge in [0.1, 0.15) is 0 Å². The van der Waals surface area contributed by atoms with E-state index in [1.54, 1.807) is 6.92 Å². The fourth-order valence-electron chi connectivity index (χ4n) is 0.584. The van der Waals surface area contributed by atoms with E-state index in [-0.39, 0.29) is 12.1 Å². The zero-order valence-electron chi connectivity index (χ0n) is 7.09. The van der Waals surface area contributed by atoms with E-state index < -0.39 is 0 Å². The second-order valence-electron chi connectivity index (χ2n) is 2.41. The summed E-state index contributed by atoms with van der Waals surface area (Å²) in [4.78, 5) is 10.7. The fraction of sp³-hybridized carbons (Fsp3) is 0.857. The van der Waals surface area contributed by atoms with Crippen molar-refractivity contribution >= 4 is 6.09 Å². The smallest absolute Gasteiger partial charge is 0.407 e. The first-order valence-corrected chi connectivity index (χ1v) is 3.83. The van der Waals surface area contributed by atoms with Crippen LogP contribution in [0.2, 0.25) is 0 Å². The summed E-state index contributed by atoms with van der Waals surface area (Å²) in [7, 11) is 0. The average Bonchev–Trinajstić information content (AvgIpc) is 1.87. The molecule has 1 atom stereocenters. The number of rotatable bonds is 4. The topological polar surface area (TPSA) is 64.3 Å². The van der Waals surface area contributed by atoms with E-state index in [0.29, 0.717) is 13.2 Å². The number of nitrogens with one attached hydrogen (secondary N) is 1. The van der Waals surface area contributed by atoms with Gasteiger partial charge in [-0.05, 0) is 20.3 Å². The van der Waals surface area contributed by atoms with Crippen molar-refractivity contribution in [2.45, 2.75) is 26.3 Å². The minimum absolute atomic E-state index is 0.122. The van der Waals surface area contributed by atoms with Crippen LogP contribution in [-0.2, 0) is 4.74 Å². The molecule has 0 bridgehead atoms. The molecule has 66 valence electrons. The van der Waals surface area contributed by atoms with Gasteiger partial charge in [-0.2, -0.15) is 0 Å². The van der Waals surface area contributed by atoms with Crippen LogP contribution in [-0.4, -0.2) is 25.3 Å². The molecule has 0 saturated heterocycles. The van der Waals surface area contributed by atoms with E-state index in [0.717, 1.165) is 6.42 Å². The highest BCUT2D eigenvalue weighted by Gasteiger charge is 1.99. The van der Waals surface area contributed by atoms with Gasteiger partial charge in [-0.3, -0.25) is 0 Å². The van der Waals surface area contributed by atoms with E-state index in [1.807, 2.05) is 6.92 Å². The number of hydrogen-bond donors (Lipinski definition) is 2. The van der Waals surface area contributed by atoms with Crippen molar-refractivity contribution in [1.82, 2.24) is 5.32 Å². The van der Waals surface area contributed by atoms with Crippen molar-refractivity contribution in [2.24, 2.45) is 5.73 Å². The standard InChI is InChI=1S/C7H16N2O2/c1-3-11-7(10)9-5-4-6(2)8/h6H,3-5,8H2,1-2H3,(H,9,10). The highest BCUT2D eigenvalue weighted by atomic mass is 16.5. The van der Waals surface area contributed by atoms with Gasteiger partial charge in [0.05, 0.1) is 6.61 Å². The molecule has 1 amide bonds. The first-order chi connectivity index (χ1) is 5.16. The molecule has 0 spiro atoms. The molecule has 0 aliphatic carbocycles. The Morgan fingerprint density at radius 1 is 1.73 bits per heavy atom. The molecule has 0 radical (unpaired) electrons. The van der Waals surface area contributed by atoms with Crippen LogP contribution >= 0.6 is 0 Å². The molecule has 4 heteroatoms. The molecule has 1 unspecified atom stereocenters. The van der Waals surface area contributed by atoms with Gasteiger partial charge in [0.25, 0.3) is 0 Å². The summed E-state index contributed by atoms with van der Waals surface area (Å²) < 4.78 is 4.63. The summed E-state index contributed by atoms with van der Waals surface area (Å²) in [5.74, 6) is 0. The van der Waals surface area contributed by atoms with E-state index in [2.05, 4.69) is 10.1 Å². The summed E-state index contributed by atoms with van der Waals surface area (Å²) in [5, 5.41) is 2.57. The Bertz CT molecular complexity index is 115. The number of carbonyl (C=O) groups is 1. The maximum atomic E-state index is 10.7. The highest BCUT2D eigenvalue weighted by molar-refractivity contribution is 5.66. The maximum absolute atomic E-state index is 10.7. The van der Waals surface area contributed by atoms with Gasteiger partial charge in [0.15, 0.2) is 0 Å². The summed E-state index contributed by atoms with van der Waals surface area (Å²) in [6.45, 7) is 4.65. The van der Waals surface area contributed by atoms with Crippen LogP contribution < -0.4 is 11.1 Å². The van der Waals surface area contributed by atoms with Gasteiger partial charge in [-0.25, -0.2) is 4.79 Å².